The summed E-state index contributed by atoms with van der Waals surface area (Å²) >= 11 is 1.69. The predicted molar refractivity (Wildman–Crippen MR) is 97.4 cm³/mol. The van der Waals surface area contributed by atoms with Crippen LogP contribution in [-0.4, -0.2) is 30.0 Å². The SMILES string of the molecule is CSc1ccccc1CN(C)C(=O)c1ccc2c(c1)CCC(=O)N2. The molecule has 1 N–H and O–H groups in total. The van der Waals surface area contributed by atoms with Crippen molar-refractivity contribution in [1.82, 2.24) is 4.90 Å². The first-order valence-corrected chi connectivity index (χ1v) is 9.11. The number of benzene rings is 2. The van der Waals surface area contributed by atoms with E-state index in [0.717, 1.165) is 16.8 Å². The van der Waals surface area contributed by atoms with Crippen LogP contribution < -0.4 is 5.32 Å². The van der Waals surface area contributed by atoms with Gasteiger partial charge in [0.2, 0.25) is 5.91 Å². The molecule has 0 unspecified atom stereocenters. The zero-order chi connectivity index (χ0) is 17.1. The maximum atomic E-state index is 12.7. The van der Waals surface area contributed by atoms with E-state index in [9.17, 15) is 9.59 Å². The lowest BCUT2D eigenvalue weighted by molar-refractivity contribution is -0.116. The molecule has 0 spiro atoms. The Kier molecular flexibility index (Phi) is 4.90. The minimum absolute atomic E-state index is 0.00870. The van der Waals surface area contributed by atoms with Gasteiger partial charge in [-0.1, -0.05) is 18.2 Å². The number of fused-ring (bicyclic) bond motifs is 1. The van der Waals surface area contributed by atoms with Crippen LogP contribution in [0, 0.1) is 0 Å². The molecule has 24 heavy (non-hydrogen) atoms. The minimum atomic E-state index is -0.00870. The van der Waals surface area contributed by atoms with Crippen LogP contribution in [0.25, 0.3) is 0 Å². The maximum Gasteiger partial charge on any atom is 0.253 e. The summed E-state index contributed by atoms with van der Waals surface area (Å²) in [7, 11) is 1.82. The van der Waals surface area contributed by atoms with Crippen LogP contribution in [0.3, 0.4) is 0 Å². The molecule has 0 bridgehead atoms. The monoisotopic (exact) mass is 340 g/mol. The van der Waals surface area contributed by atoms with Crippen LogP contribution in [0.15, 0.2) is 47.4 Å². The third kappa shape index (κ3) is 3.46. The van der Waals surface area contributed by atoms with E-state index < -0.39 is 0 Å². The van der Waals surface area contributed by atoms with Gasteiger partial charge in [-0.15, -0.1) is 11.8 Å². The molecule has 0 fully saturated rings. The van der Waals surface area contributed by atoms with Gasteiger partial charge in [0.1, 0.15) is 0 Å². The van der Waals surface area contributed by atoms with E-state index in [1.807, 2.05) is 37.6 Å². The molecule has 4 nitrogen and oxygen atoms in total. The quantitative estimate of drug-likeness (QED) is 0.866. The molecule has 0 atom stereocenters. The average molecular weight is 340 g/mol. The molecule has 3 rings (SSSR count). The highest BCUT2D eigenvalue weighted by Gasteiger charge is 2.18. The van der Waals surface area contributed by atoms with Gasteiger partial charge in [0.25, 0.3) is 5.91 Å². The fraction of sp³-hybridized carbons (Fsp3) is 0.263. The fourth-order valence-corrected chi connectivity index (χ4v) is 3.51. The summed E-state index contributed by atoms with van der Waals surface area (Å²) in [6.45, 7) is 0.573. The van der Waals surface area contributed by atoms with Gasteiger partial charge in [-0.2, -0.15) is 0 Å². The number of nitrogens with zero attached hydrogens (tertiary/aromatic N) is 1. The lowest BCUT2D eigenvalue weighted by Gasteiger charge is -2.21. The summed E-state index contributed by atoms with van der Waals surface area (Å²) in [5, 5.41) is 2.84. The molecule has 1 aliphatic rings. The van der Waals surface area contributed by atoms with E-state index in [0.29, 0.717) is 24.9 Å². The normalized spacial score (nSPS) is 13.2. The molecule has 2 amide bonds. The maximum absolute atomic E-state index is 12.7. The van der Waals surface area contributed by atoms with Gasteiger partial charge in [-0.05, 0) is 48.1 Å². The van der Waals surface area contributed by atoms with Crippen molar-refractivity contribution >= 4 is 29.3 Å². The van der Waals surface area contributed by atoms with Crippen LogP contribution in [0.2, 0.25) is 0 Å². The van der Waals surface area contributed by atoms with Gasteiger partial charge in [0, 0.05) is 36.2 Å². The lowest BCUT2D eigenvalue weighted by atomic mass is 10.00. The van der Waals surface area contributed by atoms with E-state index in [-0.39, 0.29) is 11.8 Å². The number of aryl methyl sites for hydroxylation is 1. The van der Waals surface area contributed by atoms with Gasteiger partial charge >= 0.3 is 0 Å². The summed E-state index contributed by atoms with van der Waals surface area (Å²) < 4.78 is 0. The molecule has 1 heterocycles. The molecular formula is C19H20N2O2S. The van der Waals surface area contributed by atoms with Gasteiger partial charge < -0.3 is 10.2 Å². The number of nitrogens with one attached hydrogen (secondary N) is 1. The van der Waals surface area contributed by atoms with E-state index in [4.69, 9.17) is 0 Å². The topological polar surface area (TPSA) is 49.4 Å². The summed E-state index contributed by atoms with van der Waals surface area (Å²) in [4.78, 5) is 27.1. The number of thioether (sulfide) groups is 1. The predicted octanol–water partition coefficient (Wildman–Crippen LogP) is 3.57. The second-order valence-corrected chi connectivity index (χ2v) is 6.74. The van der Waals surface area contributed by atoms with Crippen molar-refractivity contribution in [3.8, 4) is 0 Å². The number of carbonyl (C=O) groups is 2. The number of hydrogen-bond acceptors (Lipinski definition) is 3. The Labute approximate surface area is 146 Å². The van der Waals surface area contributed by atoms with Crippen molar-refractivity contribution in [3.63, 3.8) is 0 Å². The molecule has 1 aliphatic heterocycles. The molecule has 0 saturated heterocycles. The van der Waals surface area contributed by atoms with Crippen molar-refractivity contribution in [2.75, 3.05) is 18.6 Å². The number of carbonyl (C=O) groups excluding carboxylic acids is 2. The summed E-state index contributed by atoms with van der Waals surface area (Å²) in [5.41, 5.74) is 3.65. The second kappa shape index (κ2) is 7.09. The van der Waals surface area contributed by atoms with Gasteiger partial charge in [0.05, 0.1) is 0 Å². The zero-order valence-electron chi connectivity index (χ0n) is 13.8. The number of anilines is 1. The van der Waals surface area contributed by atoms with Crippen LogP contribution >= 0.6 is 11.8 Å². The Morgan fingerprint density at radius 2 is 2.00 bits per heavy atom. The van der Waals surface area contributed by atoms with Crippen molar-refractivity contribution < 1.29 is 9.59 Å². The van der Waals surface area contributed by atoms with E-state index in [1.54, 1.807) is 22.7 Å². The average Bonchev–Trinajstić information content (AvgIpc) is 2.61. The van der Waals surface area contributed by atoms with Gasteiger partial charge in [0.15, 0.2) is 0 Å². The molecular weight excluding hydrogens is 320 g/mol. The first kappa shape index (κ1) is 16.6. The third-order valence-electron chi connectivity index (χ3n) is 4.19. The largest absolute Gasteiger partial charge is 0.337 e. The lowest BCUT2D eigenvalue weighted by Crippen LogP contribution is -2.27. The summed E-state index contributed by atoms with van der Waals surface area (Å²) in [5.74, 6) is 0.0259. The number of rotatable bonds is 4. The molecule has 2 aromatic rings. The van der Waals surface area contributed by atoms with Crippen molar-refractivity contribution in [2.24, 2.45) is 0 Å². The van der Waals surface area contributed by atoms with E-state index >= 15 is 0 Å². The van der Waals surface area contributed by atoms with Crippen LogP contribution in [-0.2, 0) is 17.8 Å². The molecule has 124 valence electrons. The Bertz CT molecular complexity index is 789. The van der Waals surface area contributed by atoms with Crippen LogP contribution in [0.5, 0.6) is 0 Å². The standard InChI is InChI=1S/C19H20N2O2S/c1-21(12-15-5-3-4-6-17(15)24-2)19(23)14-7-9-16-13(11-14)8-10-18(22)20-16/h3-7,9,11H,8,10,12H2,1-2H3,(H,20,22). The molecule has 2 aromatic carbocycles. The summed E-state index contributed by atoms with van der Waals surface area (Å²) in [6, 6.07) is 13.6. The Morgan fingerprint density at radius 3 is 2.79 bits per heavy atom. The van der Waals surface area contributed by atoms with E-state index in [2.05, 4.69) is 17.4 Å². The van der Waals surface area contributed by atoms with Crippen molar-refractivity contribution in [3.05, 3.63) is 59.2 Å². The van der Waals surface area contributed by atoms with Gasteiger partial charge in [-0.3, -0.25) is 9.59 Å². The van der Waals surface area contributed by atoms with Crippen molar-refractivity contribution in [2.45, 2.75) is 24.3 Å². The highest BCUT2D eigenvalue weighted by Crippen LogP contribution is 2.25. The molecule has 5 heteroatoms. The highest BCUT2D eigenvalue weighted by atomic mass is 32.2. The van der Waals surface area contributed by atoms with E-state index in [1.165, 1.54) is 4.90 Å². The fourth-order valence-electron chi connectivity index (χ4n) is 2.90. The Hall–Kier alpha value is -2.27. The highest BCUT2D eigenvalue weighted by molar-refractivity contribution is 7.98. The second-order valence-electron chi connectivity index (χ2n) is 5.89. The van der Waals surface area contributed by atoms with Crippen LogP contribution in [0.1, 0.15) is 27.9 Å². The molecule has 0 saturated carbocycles. The summed E-state index contributed by atoms with van der Waals surface area (Å²) in [6.07, 6.45) is 3.20. The smallest absolute Gasteiger partial charge is 0.253 e. The molecule has 0 aliphatic carbocycles. The Morgan fingerprint density at radius 1 is 1.21 bits per heavy atom. The minimum Gasteiger partial charge on any atom is -0.337 e. The van der Waals surface area contributed by atoms with Crippen LogP contribution in [0.4, 0.5) is 5.69 Å². The third-order valence-corrected chi connectivity index (χ3v) is 5.03. The van der Waals surface area contributed by atoms with Gasteiger partial charge in [-0.25, -0.2) is 0 Å². The first-order chi connectivity index (χ1) is 11.6. The number of hydrogen-bond donors (Lipinski definition) is 1. The number of amides is 2. The molecule has 0 aromatic heterocycles. The molecule has 0 radical (unpaired) electrons. The van der Waals surface area contributed by atoms with Crippen molar-refractivity contribution in [1.29, 1.82) is 0 Å². The first-order valence-electron chi connectivity index (χ1n) is 7.88. The Balaban J connectivity index is 1.77. The zero-order valence-corrected chi connectivity index (χ0v) is 14.7.